The van der Waals surface area contributed by atoms with Crippen LogP contribution in [-0.4, -0.2) is 48.3 Å². The van der Waals surface area contributed by atoms with Crippen LogP contribution in [0.1, 0.15) is 43.7 Å². The number of nitrogens with zero attached hydrogens (tertiary/aromatic N) is 3. The maximum atomic E-state index is 11.7. The zero-order valence-electron chi connectivity index (χ0n) is 15.9. The highest BCUT2D eigenvalue weighted by molar-refractivity contribution is 14.0. The number of hydrogen-bond donors (Lipinski definition) is 1. The van der Waals surface area contributed by atoms with Crippen molar-refractivity contribution in [2.45, 2.75) is 45.7 Å². The van der Waals surface area contributed by atoms with E-state index in [-0.39, 0.29) is 29.9 Å². The van der Waals surface area contributed by atoms with Gasteiger partial charge in [-0.25, -0.2) is 0 Å². The van der Waals surface area contributed by atoms with E-state index in [9.17, 15) is 4.79 Å². The molecule has 0 unspecified atom stereocenters. The molecule has 2 saturated heterocycles. The van der Waals surface area contributed by atoms with Crippen LogP contribution in [0.5, 0.6) is 0 Å². The minimum Gasteiger partial charge on any atom is -0.352 e. The maximum absolute atomic E-state index is 11.7. The van der Waals surface area contributed by atoms with E-state index >= 15 is 0 Å². The molecule has 2 aliphatic heterocycles. The van der Waals surface area contributed by atoms with Crippen molar-refractivity contribution in [1.29, 1.82) is 0 Å². The topological polar surface area (TPSA) is 47.9 Å². The van der Waals surface area contributed by atoms with E-state index in [1.165, 1.54) is 24.0 Å². The Kier molecular flexibility index (Phi) is 8.18. The molecule has 5 nitrogen and oxygen atoms in total. The molecule has 1 aromatic carbocycles. The Labute approximate surface area is 174 Å². The van der Waals surface area contributed by atoms with Crippen molar-refractivity contribution in [1.82, 2.24) is 15.1 Å². The van der Waals surface area contributed by atoms with Crippen LogP contribution in [0.2, 0.25) is 0 Å². The van der Waals surface area contributed by atoms with Gasteiger partial charge in [-0.2, -0.15) is 0 Å². The average molecular weight is 470 g/mol. The fourth-order valence-electron chi connectivity index (χ4n) is 3.59. The number of rotatable bonds is 4. The van der Waals surface area contributed by atoms with Crippen molar-refractivity contribution in [3.05, 3.63) is 35.4 Å². The summed E-state index contributed by atoms with van der Waals surface area (Å²) in [6.45, 7) is 6.91. The molecule has 2 aliphatic rings. The zero-order valence-corrected chi connectivity index (χ0v) is 18.2. The molecule has 2 heterocycles. The van der Waals surface area contributed by atoms with E-state index < -0.39 is 0 Å². The first-order chi connectivity index (χ1) is 12.2. The first kappa shape index (κ1) is 21.0. The van der Waals surface area contributed by atoms with Crippen molar-refractivity contribution in [3.8, 4) is 0 Å². The highest BCUT2D eigenvalue weighted by Gasteiger charge is 2.20. The second-order valence-corrected chi connectivity index (χ2v) is 7.31. The Bertz CT molecular complexity index is 609. The molecule has 1 aromatic rings. The van der Waals surface area contributed by atoms with E-state index in [2.05, 4.69) is 46.4 Å². The van der Waals surface area contributed by atoms with Crippen molar-refractivity contribution in [2.24, 2.45) is 10.9 Å². The van der Waals surface area contributed by atoms with Crippen LogP contribution < -0.4 is 5.32 Å². The van der Waals surface area contributed by atoms with Gasteiger partial charge in [0.15, 0.2) is 5.96 Å². The molecule has 0 aliphatic carbocycles. The van der Waals surface area contributed by atoms with Crippen LogP contribution in [0.3, 0.4) is 0 Å². The second kappa shape index (κ2) is 10.1. The van der Waals surface area contributed by atoms with Gasteiger partial charge in [-0.1, -0.05) is 31.2 Å². The first-order valence-electron chi connectivity index (χ1n) is 9.47. The fraction of sp³-hybridized carbons (Fsp3) is 0.600. The fourth-order valence-corrected chi connectivity index (χ4v) is 3.59. The van der Waals surface area contributed by atoms with Crippen LogP contribution in [0.25, 0.3) is 0 Å². The number of benzene rings is 1. The third kappa shape index (κ3) is 5.59. The molecule has 0 atom stereocenters. The maximum Gasteiger partial charge on any atom is 0.222 e. The predicted octanol–water partition coefficient (Wildman–Crippen LogP) is 3.23. The lowest BCUT2D eigenvalue weighted by molar-refractivity contribution is -0.128. The highest BCUT2D eigenvalue weighted by atomic mass is 127. The van der Waals surface area contributed by atoms with Crippen LogP contribution >= 0.6 is 24.0 Å². The molecule has 6 heteroatoms. The number of halogens is 1. The molecule has 0 bridgehead atoms. The largest absolute Gasteiger partial charge is 0.352 e. The SMILES string of the molecule is CN=C(NCc1ccc(CN2CCCC2=O)cc1)N1CCC(C)CC1.I. The van der Waals surface area contributed by atoms with E-state index in [0.717, 1.165) is 51.0 Å². The number of nitrogens with one attached hydrogen (secondary N) is 1. The number of carbonyl (C=O) groups excluding carboxylic acids is 1. The van der Waals surface area contributed by atoms with Crippen LogP contribution in [0.15, 0.2) is 29.3 Å². The van der Waals surface area contributed by atoms with E-state index in [1.54, 1.807) is 0 Å². The monoisotopic (exact) mass is 470 g/mol. The number of aliphatic imine (C=N–C) groups is 1. The molecule has 144 valence electrons. The number of amides is 1. The quantitative estimate of drug-likeness (QED) is 0.418. The summed E-state index contributed by atoms with van der Waals surface area (Å²) >= 11 is 0. The second-order valence-electron chi connectivity index (χ2n) is 7.31. The predicted molar refractivity (Wildman–Crippen MR) is 117 cm³/mol. The van der Waals surface area contributed by atoms with Gasteiger partial charge in [0.05, 0.1) is 0 Å². The molecule has 0 radical (unpaired) electrons. The summed E-state index contributed by atoms with van der Waals surface area (Å²) in [7, 11) is 1.86. The summed E-state index contributed by atoms with van der Waals surface area (Å²) in [5, 5.41) is 3.48. The van der Waals surface area contributed by atoms with Crippen molar-refractivity contribution < 1.29 is 4.79 Å². The van der Waals surface area contributed by atoms with Gasteiger partial charge in [-0.05, 0) is 36.3 Å². The van der Waals surface area contributed by atoms with Gasteiger partial charge >= 0.3 is 0 Å². The summed E-state index contributed by atoms with van der Waals surface area (Å²) in [5.74, 6) is 2.11. The molecule has 1 N–H and O–H groups in total. The lowest BCUT2D eigenvalue weighted by Gasteiger charge is -2.32. The molecule has 2 fully saturated rings. The number of hydrogen-bond acceptors (Lipinski definition) is 2. The Morgan fingerprint density at radius 1 is 1.15 bits per heavy atom. The minimum absolute atomic E-state index is 0. The summed E-state index contributed by atoms with van der Waals surface area (Å²) in [4.78, 5) is 20.5. The van der Waals surface area contributed by atoms with Crippen LogP contribution in [0, 0.1) is 5.92 Å². The van der Waals surface area contributed by atoms with Gasteiger partial charge in [0.1, 0.15) is 0 Å². The zero-order chi connectivity index (χ0) is 17.6. The smallest absolute Gasteiger partial charge is 0.222 e. The lowest BCUT2D eigenvalue weighted by Crippen LogP contribution is -2.45. The molecule has 3 rings (SSSR count). The molecule has 1 amide bonds. The number of guanidine groups is 1. The normalized spacial score (nSPS) is 18.8. The molecular weight excluding hydrogens is 439 g/mol. The van der Waals surface area contributed by atoms with Gasteiger partial charge < -0.3 is 15.1 Å². The number of piperidine rings is 1. The third-order valence-corrected chi connectivity index (χ3v) is 5.31. The van der Waals surface area contributed by atoms with Crippen molar-refractivity contribution in [3.63, 3.8) is 0 Å². The van der Waals surface area contributed by atoms with Gasteiger partial charge in [-0.3, -0.25) is 9.79 Å². The first-order valence-corrected chi connectivity index (χ1v) is 9.47. The van der Waals surface area contributed by atoms with Gasteiger partial charge in [0.25, 0.3) is 0 Å². The van der Waals surface area contributed by atoms with Gasteiger partial charge in [0, 0.05) is 46.2 Å². The van der Waals surface area contributed by atoms with Crippen molar-refractivity contribution >= 4 is 35.8 Å². The summed E-state index contributed by atoms with van der Waals surface area (Å²) in [6.07, 6.45) is 4.18. The standard InChI is InChI=1S/C20H30N4O.HI/c1-16-9-12-23(13-10-16)20(21-2)22-14-17-5-7-18(8-6-17)15-24-11-3-4-19(24)25;/h5-8,16H,3-4,9-15H2,1-2H3,(H,21,22);1H. The number of likely N-dealkylation sites (tertiary alicyclic amines) is 2. The molecular formula is C20H31IN4O. The van der Waals surface area contributed by atoms with E-state index in [1.807, 2.05) is 11.9 Å². The molecule has 0 aromatic heterocycles. The van der Waals surface area contributed by atoms with E-state index in [4.69, 9.17) is 0 Å². The number of carbonyl (C=O) groups is 1. The van der Waals surface area contributed by atoms with Crippen molar-refractivity contribution in [2.75, 3.05) is 26.7 Å². The summed E-state index contributed by atoms with van der Waals surface area (Å²) < 4.78 is 0. The highest BCUT2D eigenvalue weighted by Crippen LogP contribution is 2.17. The van der Waals surface area contributed by atoms with Crippen LogP contribution in [-0.2, 0) is 17.9 Å². The van der Waals surface area contributed by atoms with Crippen LogP contribution in [0.4, 0.5) is 0 Å². The average Bonchev–Trinajstić information content (AvgIpc) is 3.03. The molecule has 0 spiro atoms. The minimum atomic E-state index is 0. The van der Waals surface area contributed by atoms with E-state index in [0.29, 0.717) is 6.42 Å². The third-order valence-electron chi connectivity index (χ3n) is 5.31. The Morgan fingerprint density at radius 3 is 2.38 bits per heavy atom. The van der Waals surface area contributed by atoms with Gasteiger partial charge in [-0.15, -0.1) is 24.0 Å². The Hall–Kier alpha value is -1.31. The molecule has 0 saturated carbocycles. The summed E-state index contributed by atoms with van der Waals surface area (Å²) in [5.41, 5.74) is 2.44. The van der Waals surface area contributed by atoms with Gasteiger partial charge in [0.2, 0.25) is 5.91 Å². The Balaban J connectivity index is 0.00000243. The molecule has 26 heavy (non-hydrogen) atoms. The Morgan fingerprint density at radius 2 is 1.81 bits per heavy atom. The lowest BCUT2D eigenvalue weighted by atomic mass is 9.99. The summed E-state index contributed by atoms with van der Waals surface area (Å²) in [6, 6.07) is 8.56.